The Balaban J connectivity index is 1.65. The lowest BCUT2D eigenvalue weighted by Gasteiger charge is -2.32. The number of nitrogens with one attached hydrogen (secondary N) is 1. The fraction of sp³-hybridized carbons (Fsp3) is 0.263. The summed E-state index contributed by atoms with van der Waals surface area (Å²) in [5, 5.41) is 14.2. The number of morpholine rings is 1. The van der Waals surface area contributed by atoms with Crippen LogP contribution in [0.3, 0.4) is 0 Å². The molecular weight excluding hydrogens is 332 g/mol. The number of nitrogens with zero attached hydrogens (tertiary/aromatic N) is 3. The zero-order valence-corrected chi connectivity index (χ0v) is 14.1. The van der Waals surface area contributed by atoms with E-state index in [-0.39, 0.29) is 11.9 Å². The van der Waals surface area contributed by atoms with Gasteiger partial charge in [0.2, 0.25) is 5.71 Å². The number of amidine groups is 1. The highest BCUT2D eigenvalue weighted by Gasteiger charge is 2.31. The number of aromatic nitrogens is 1. The van der Waals surface area contributed by atoms with Gasteiger partial charge >= 0.3 is 0 Å². The van der Waals surface area contributed by atoms with Crippen LogP contribution >= 0.6 is 0 Å². The van der Waals surface area contributed by atoms with E-state index in [9.17, 15) is 5.11 Å². The highest BCUT2D eigenvalue weighted by atomic mass is 16.5. The molecule has 2 aliphatic heterocycles. The molecule has 5 rings (SSSR count). The van der Waals surface area contributed by atoms with Crippen LogP contribution in [-0.4, -0.2) is 47.1 Å². The van der Waals surface area contributed by atoms with Gasteiger partial charge in [0.05, 0.1) is 24.3 Å². The van der Waals surface area contributed by atoms with Gasteiger partial charge in [0.1, 0.15) is 11.9 Å². The molecule has 1 fully saturated rings. The van der Waals surface area contributed by atoms with Gasteiger partial charge in [-0.15, -0.1) is 0 Å². The molecule has 2 aromatic heterocycles. The van der Waals surface area contributed by atoms with Crippen molar-refractivity contribution in [2.45, 2.75) is 6.17 Å². The van der Waals surface area contributed by atoms with E-state index in [4.69, 9.17) is 14.1 Å². The molecule has 7 heteroatoms. The molecular formula is C19H18N4O3. The average molecular weight is 350 g/mol. The number of phenolic OH excluding ortho intramolecular Hbond substituents is 1. The van der Waals surface area contributed by atoms with Crippen LogP contribution in [0.15, 0.2) is 52.0 Å². The lowest BCUT2D eigenvalue weighted by Crippen LogP contribution is -2.42. The van der Waals surface area contributed by atoms with Crippen LogP contribution in [0.25, 0.3) is 11.1 Å². The number of phenols is 1. The summed E-state index contributed by atoms with van der Waals surface area (Å²) in [6.45, 7) is 2.85. The van der Waals surface area contributed by atoms with Crippen molar-refractivity contribution in [2.75, 3.05) is 31.6 Å². The summed E-state index contributed by atoms with van der Waals surface area (Å²) in [6, 6.07) is 11.0. The van der Waals surface area contributed by atoms with E-state index < -0.39 is 0 Å². The van der Waals surface area contributed by atoms with Crippen LogP contribution in [0.4, 0.5) is 5.69 Å². The van der Waals surface area contributed by atoms with Crippen molar-refractivity contribution in [1.82, 2.24) is 9.88 Å². The Bertz CT molecular complexity index is 991. The third kappa shape index (κ3) is 2.48. The third-order valence-corrected chi connectivity index (χ3v) is 4.70. The van der Waals surface area contributed by atoms with Gasteiger partial charge in [0, 0.05) is 24.8 Å². The van der Waals surface area contributed by atoms with Gasteiger partial charge in [-0.25, -0.2) is 9.98 Å². The summed E-state index contributed by atoms with van der Waals surface area (Å²) in [5.41, 5.74) is 2.36. The second kappa shape index (κ2) is 6.03. The van der Waals surface area contributed by atoms with E-state index in [0.29, 0.717) is 24.7 Å². The monoisotopic (exact) mass is 350 g/mol. The van der Waals surface area contributed by atoms with Crippen LogP contribution in [0.5, 0.6) is 5.75 Å². The third-order valence-electron chi connectivity index (χ3n) is 4.70. The number of hydrogen-bond acceptors (Lipinski definition) is 7. The number of pyridine rings is 1. The van der Waals surface area contributed by atoms with Crippen LogP contribution in [0.2, 0.25) is 0 Å². The topological polar surface area (TPSA) is 83.1 Å². The van der Waals surface area contributed by atoms with Gasteiger partial charge in [-0.3, -0.25) is 0 Å². The minimum Gasteiger partial charge on any atom is -0.508 e. The lowest BCUT2D eigenvalue weighted by atomic mass is 10.1. The van der Waals surface area contributed by atoms with Gasteiger partial charge in [-0.2, -0.15) is 0 Å². The number of aromatic hydroxyl groups is 1. The van der Waals surface area contributed by atoms with E-state index >= 15 is 0 Å². The Morgan fingerprint density at radius 1 is 1.15 bits per heavy atom. The van der Waals surface area contributed by atoms with E-state index in [1.54, 1.807) is 18.3 Å². The molecule has 1 aromatic carbocycles. The molecule has 0 radical (unpaired) electrons. The van der Waals surface area contributed by atoms with Crippen molar-refractivity contribution in [3.05, 3.63) is 53.9 Å². The van der Waals surface area contributed by atoms with Gasteiger partial charge < -0.3 is 24.5 Å². The smallest absolute Gasteiger partial charge is 0.229 e. The maximum atomic E-state index is 9.85. The molecule has 1 atom stereocenters. The van der Waals surface area contributed by atoms with E-state index in [2.05, 4.69) is 15.2 Å². The first-order valence-electron chi connectivity index (χ1n) is 8.63. The average Bonchev–Trinajstić information content (AvgIpc) is 3.06. The predicted molar refractivity (Wildman–Crippen MR) is 97.4 cm³/mol. The number of hydrogen-bond donors (Lipinski definition) is 2. The largest absolute Gasteiger partial charge is 0.508 e. The van der Waals surface area contributed by atoms with Crippen molar-refractivity contribution in [3.8, 4) is 5.75 Å². The van der Waals surface area contributed by atoms with E-state index in [0.717, 1.165) is 35.6 Å². The Hall–Kier alpha value is -3.06. The molecule has 1 saturated heterocycles. The lowest BCUT2D eigenvalue weighted by molar-refractivity contribution is 0.0676. The van der Waals surface area contributed by atoms with Crippen molar-refractivity contribution >= 4 is 22.6 Å². The predicted octanol–water partition coefficient (Wildman–Crippen LogP) is 2.74. The summed E-state index contributed by atoms with van der Waals surface area (Å²) in [6.07, 6.45) is 1.41. The molecule has 3 aromatic rings. The standard InChI is InChI=1S/C19H18N4O3/c24-13-4-1-3-12(11-13)17-21-15-14-5-2-6-20-19(14)26-16(15)18(22-17)23-7-9-25-10-8-23/h1-6,11,17,21,24H,7-10H2. The summed E-state index contributed by atoms with van der Waals surface area (Å²) in [5.74, 6) is 1.72. The van der Waals surface area contributed by atoms with E-state index in [1.807, 2.05) is 24.3 Å². The summed E-state index contributed by atoms with van der Waals surface area (Å²) in [4.78, 5) is 11.4. The molecule has 0 amide bonds. The molecule has 0 spiro atoms. The Labute approximate surface area is 149 Å². The van der Waals surface area contributed by atoms with Crippen LogP contribution in [-0.2, 0) is 4.74 Å². The number of fused-ring (bicyclic) bond motifs is 3. The Morgan fingerprint density at radius 3 is 2.88 bits per heavy atom. The summed E-state index contributed by atoms with van der Waals surface area (Å²) in [7, 11) is 0. The SMILES string of the molecule is Oc1cccc(C2N=C(N3CCOCC3)c3oc4ncccc4c3N2)c1. The van der Waals surface area contributed by atoms with Gasteiger partial charge in [0.25, 0.3) is 0 Å². The number of aliphatic imine (C=N–C) groups is 1. The first kappa shape index (κ1) is 15.2. The maximum Gasteiger partial charge on any atom is 0.229 e. The van der Waals surface area contributed by atoms with Crippen molar-refractivity contribution in [3.63, 3.8) is 0 Å². The maximum absolute atomic E-state index is 9.85. The number of furan rings is 1. The first-order chi connectivity index (χ1) is 12.8. The summed E-state index contributed by atoms with van der Waals surface area (Å²) >= 11 is 0. The zero-order valence-electron chi connectivity index (χ0n) is 14.1. The molecule has 0 bridgehead atoms. The molecule has 26 heavy (non-hydrogen) atoms. The number of anilines is 1. The van der Waals surface area contributed by atoms with Crippen molar-refractivity contribution < 1.29 is 14.3 Å². The van der Waals surface area contributed by atoms with Gasteiger partial charge in [-0.05, 0) is 24.3 Å². The van der Waals surface area contributed by atoms with E-state index in [1.165, 1.54) is 0 Å². The molecule has 1 unspecified atom stereocenters. The molecule has 4 heterocycles. The molecule has 0 aliphatic carbocycles. The Morgan fingerprint density at radius 2 is 2.04 bits per heavy atom. The highest BCUT2D eigenvalue weighted by molar-refractivity contribution is 6.09. The van der Waals surface area contributed by atoms with Crippen molar-refractivity contribution in [2.24, 2.45) is 4.99 Å². The molecule has 0 saturated carbocycles. The van der Waals surface area contributed by atoms with Gasteiger partial charge in [0.15, 0.2) is 11.6 Å². The quantitative estimate of drug-likeness (QED) is 0.702. The number of ether oxygens (including phenoxy) is 1. The highest BCUT2D eigenvalue weighted by Crippen LogP contribution is 2.38. The molecule has 7 nitrogen and oxygen atoms in total. The molecule has 132 valence electrons. The van der Waals surface area contributed by atoms with Gasteiger partial charge in [-0.1, -0.05) is 12.1 Å². The minimum absolute atomic E-state index is 0.219. The van der Waals surface area contributed by atoms with Crippen LogP contribution in [0, 0.1) is 0 Å². The zero-order chi connectivity index (χ0) is 17.5. The fourth-order valence-corrected chi connectivity index (χ4v) is 3.44. The molecule has 2 N–H and O–H groups in total. The normalized spacial score (nSPS) is 19.8. The van der Waals surface area contributed by atoms with Crippen LogP contribution in [0.1, 0.15) is 17.5 Å². The second-order valence-electron chi connectivity index (χ2n) is 6.36. The number of rotatable bonds is 1. The van der Waals surface area contributed by atoms with Crippen LogP contribution < -0.4 is 5.32 Å². The summed E-state index contributed by atoms with van der Waals surface area (Å²) < 4.78 is 11.5. The minimum atomic E-state index is -0.312. The fourth-order valence-electron chi connectivity index (χ4n) is 3.44. The van der Waals surface area contributed by atoms with Crippen molar-refractivity contribution in [1.29, 1.82) is 0 Å². The first-order valence-corrected chi connectivity index (χ1v) is 8.63. The number of benzene rings is 1. The Kier molecular flexibility index (Phi) is 3.53. The molecule has 2 aliphatic rings. The second-order valence-corrected chi connectivity index (χ2v) is 6.36.